The van der Waals surface area contributed by atoms with Crippen molar-refractivity contribution in [1.82, 2.24) is 24.5 Å². The van der Waals surface area contributed by atoms with Gasteiger partial charge in [0.05, 0.1) is 18.3 Å². The van der Waals surface area contributed by atoms with Crippen molar-refractivity contribution in [2.75, 3.05) is 39.3 Å². The number of aromatic nitrogens is 2. The van der Waals surface area contributed by atoms with Gasteiger partial charge in [-0.25, -0.2) is 4.79 Å². The van der Waals surface area contributed by atoms with Crippen molar-refractivity contribution < 1.29 is 19.8 Å². The number of aliphatic hydroxyl groups is 1. The summed E-state index contributed by atoms with van der Waals surface area (Å²) in [4.78, 5) is 28.4. The van der Waals surface area contributed by atoms with Gasteiger partial charge in [0.15, 0.2) is 0 Å². The van der Waals surface area contributed by atoms with Gasteiger partial charge >= 0.3 is 6.09 Å². The number of β-amino-alcohol motifs (C(OH)–C–C–N with tert-alkyl or cyclic N) is 1. The molecule has 0 aliphatic carbocycles. The highest BCUT2D eigenvalue weighted by molar-refractivity contribution is 6.31. The Labute approximate surface area is 198 Å². The Bertz CT molecular complexity index is 1050. The van der Waals surface area contributed by atoms with E-state index in [-0.39, 0.29) is 5.91 Å². The monoisotopic (exact) mass is 475 g/mol. The van der Waals surface area contributed by atoms with Crippen molar-refractivity contribution in [2.24, 2.45) is 0 Å². The standard InChI is InChI=1S/C23H30ClN5O4/c1-15-11-17(3-4-20(15)24)22-19-14-28(16(2)30)6-5-21(19)29(25-22)13-18(31)12-26-7-9-27(10-8-26)23(32)33/h3-4,11,18,31H,5-10,12-14H2,1-2H3,(H,32,33). The summed E-state index contributed by atoms with van der Waals surface area (Å²) in [6, 6.07) is 5.79. The number of carbonyl (C=O) groups excluding carboxylic acids is 1. The average Bonchev–Trinajstić information content (AvgIpc) is 3.13. The van der Waals surface area contributed by atoms with E-state index in [1.165, 1.54) is 4.90 Å². The Hall–Kier alpha value is -2.62. The first kappa shape index (κ1) is 23.5. The number of fused-ring (bicyclic) bond motifs is 1. The van der Waals surface area contributed by atoms with Crippen LogP contribution in [-0.4, -0.2) is 92.1 Å². The van der Waals surface area contributed by atoms with Gasteiger partial charge in [-0.3, -0.25) is 14.4 Å². The predicted octanol–water partition coefficient (Wildman–Crippen LogP) is 2.07. The third-order valence-corrected chi connectivity index (χ3v) is 6.93. The summed E-state index contributed by atoms with van der Waals surface area (Å²) in [6.07, 6.45) is -0.864. The van der Waals surface area contributed by atoms with Gasteiger partial charge in [0.25, 0.3) is 0 Å². The molecular weight excluding hydrogens is 446 g/mol. The molecule has 2 aliphatic heterocycles. The summed E-state index contributed by atoms with van der Waals surface area (Å²) in [5, 5.41) is 25.5. The lowest BCUT2D eigenvalue weighted by Crippen LogP contribution is -2.50. The summed E-state index contributed by atoms with van der Waals surface area (Å²) in [7, 11) is 0. The van der Waals surface area contributed by atoms with E-state index in [2.05, 4.69) is 4.90 Å². The molecule has 1 aromatic carbocycles. The van der Waals surface area contributed by atoms with Gasteiger partial charge in [-0.1, -0.05) is 17.7 Å². The molecule has 2 aliphatic rings. The van der Waals surface area contributed by atoms with E-state index in [9.17, 15) is 14.7 Å². The van der Waals surface area contributed by atoms with E-state index in [0.717, 1.165) is 28.1 Å². The van der Waals surface area contributed by atoms with Crippen LogP contribution in [0.25, 0.3) is 11.3 Å². The minimum absolute atomic E-state index is 0.0344. The lowest BCUT2D eigenvalue weighted by atomic mass is 9.99. The van der Waals surface area contributed by atoms with Crippen LogP contribution in [-0.2, 0) is 24.3 Å². The lowest BCUT2D eigenvalue weighted by molar-refractivity contribution is -0.129. The first-order valence-corrected chi connectivity index (χ1v) is 11.6. The van der Waals surface area contributed by atoms with Crippen LogP contribution in [0.4, 0.5) is 4.79 Å². The number of aryl methyl sites for hydroxylation is 1. The Morgan fingerprint density at radius 3 is 2.48 bits per heavy atom. The minimum atomic E-state index is -0.900. The number of carbonyl (C=O) groups is 2. The molecule has 1 saturated heterocycles. The SMILES string of the molecule is CC(=O)N1CCc2c(c(-c3ccc(Cl)c(C)c3)nn2CC(O)CN2CCN(C(=O)O)CC2)C1. The number of hydrogen-bond acceptors (Lipinski definition) is 5. The largest absolute Gasteiger partial charge is 0.465 e. The van der Waals surface area contributed by atoms with E-state index < -0.39 is 12.2 Å². The predicted molar refractivity (Wildman–Crippen MR) is 124 cm³/mol. The Kier molecular flexibility index (Phi) is 6.92. The second-order valence-corrected chi connectivity index (χ2v) is 9.24. The van der Waals surface area contributed by atoms with Gasteiger partial charge in [0, 0.05) is 81.0 Å². The first-order valence-electron chi connectivity index (χ1n) is 11.2. The van der Waals surface area contributed by atoms with Crippen molar-refractivity contribution in [3.05, 3.63) is 40.0 Å². The number of aliphatic hydroxyl groups excluding tert-OH is 1. The third kappa shape index (κ3) is 5.15. The molecule has 1 aromatic heterocycles. The van der Waals surface area contributed by atoms with Crippen molar-refractivity contribution in [3.63, 3.8) is 0 Å². The van der Waals surface area contributed by atoms with Crippen LogP contribution < -0.4 is 0 Å². The molecule has 0 spiro atoms. The summed E-state index contributed by atoms with van der Waals surface area (Å²) >= 11 is 6.22. The van der Waals surface area contributed by atoms with E-state index in [4.69, 9.17) is 21.8 Å². The highest BCUT2D eigenvalue weighted by atomic mass is 35.5. The fourth-order valence-electron chi connectivity index (χ4n) is 4.61. The molecule has 9 nitrogen and oxygen atoms in total. The van der Waals surface area contributed by atoms with E-state index in [1.807, 2.05) is 34.7 Å². The van der Waals surface area contributed by atoms with Crippen LogP contribution >= 0.6 is 11.6 Å². The normalized spacial score (nSPS) is 17.7. The second kappa shape index (κ2) is 9.70. The molecule has 0 saturated carbocycles. The zero-order valence-electron chi connectivity index (χ0n) is 19.0. The molecule has 2 amide bonds. The molecule has 4 rings (SSSR count). The van der Waals surface area contributed by atoms with Crippen molar-refractivity contribution in [2.45, 2.75) is 39.5 Å². The zero-order valence-corrected chi connectivity index (χ0v) is 19.8. The fraction of sp³-hybridized carbons (Fsp3) is 0.522. The molecule has 3 heterocycles. The Morgan fingerprint density at radius 2 is 1.85 bits per heavy atom. The summed E-state index contributed by atoms with van der Waals surface area (Å²) in [5.41, 5.74) is 4.78. The topological polar surface area (TPSA) is 102 Å². The van der Waals surface area contributed by atoms with Crippen LogP contribution in [0, 0.1) is 6.92 Å². The number of benzene rings is 1. The molecule has 0 bridgehead atoms. The second-order valence-electron chi connectivity index (χ2n) is 8.83. The zero-order chi connectivity index (χ0) is 23.7. The molecule has 1 fully saturated rings. The summed E-state index contributed by atoms with van der Waals surface area (Å²) in [6.45, 7) is 7.54. The van der Waals surface area contributed by atoms with Crippen LogP contribution in [0.3, 0.4) is 0 Å². The number of nitrogens with zero attached hydrogens (tertiary/aromatic N) is 5. The van der Waals surface area contributed by atoms with Gasteiger partial charge in [0.2, 0.25) is 5.91 Å². The minimum Gasteiger partial charge on any atom is -0.465 e. The molecule has 178 valence electrons. The van der Waals surface area contributed by atoms with Gasteiger partial charge in [-0.2, -0.15) is 5.10 Å². The quantitative estimate of drug-likeness (QED) is 0.686. The maximum atomic E-state index is 12.0. The highest BCUT2D eigenvalue weighted by Crippen LogP contribution is 2.32. The number of hydrogen-bond donors (Lipinski definition) is 2. The molecule has 2 aromatic rings. The molecule has 10 heteroatoms. The van der Waals surface area contributed by atoms with Crippen LogP contribution in [0.15, 0.2) is 18.2 Å². The fourth-order valence-corrected chi connectivity index (χ4v) is 4.73. The van der Waals surface area contributed by atoms with Crippen molar-refractivity contribution in [1.29, 1.82) is 0 Å². The van der Waals surface area contributed by atoms with E-state index in [0.29, 0.717) is 63.8 Å². The molecule has 33 heavy (non-hydrogen) atoms. The molecule has 1 atom stereocenters. The van der Waals surface area contributed by atoms with Gasteiger partial charge in [-0.05, 0) is 24.6 Å². The lowest BCUT2D eigenvalue weighted by Gasteiger charge is -2.34. The Morgan fingerprint density at radius 1 is 1.12 bits per heavy atom. The van der Waals surface area contributed by atoms with Crippen molar-refractivity contribution in [3.8, 4) is 11.3 Å². The van der Waals surface area contributed by atoms with Crippen molar-refractivity contribution >= 4 is 23.6 Å². The van der Waals surface area contributed by atoms with E-state index >= 15 is 0 Å². The molecule has 0 radical (unpaired) electrons. The number of amides is 2. The maximum absolute atomic E-state index is 12.0. The summed E-state index contributed by atoms with van der Waals surface area (Å²) in [5.74, 6) is 0.0344. The first-order chi connectivity index (χ1) is 15.7. The Balaban J connectivity index is 1.54. The van der Waals surface area contributed by atoms with E-state index in [1.54, 1.807) is 6.92 Å². The van der Waals surface area contributed by atoms with Crippen LogP contribution in [0.5, 0.6) is 0 Å². The number of halogens is 1. The number of rotatable bonds is 5. The summed E-state index contributed by atoms with van der Waals surface area (Å²) < 4.78 is 1.88. The van der Waals surface area contributed by atoms with Gasteiger partial charge < -0.3 is 20.0 Å². The smallest absolute Gasteiger partial charge is 0.407 e. The highest BCUT2D eigenvalue weighted by Gasteiger charge is 2.28. The van der Waals surface area contributed by atoms with Gasteiger partial charge in [-0.15, -0.1) is 0 Å². The number of piperazine rings is 1. The molecule has 2 N–H and O–H groups in total. The average molecular weight is 476 g/mol. The molecule has 1 unspecified atom stereocenters. The number of carboxylic acid groups (broad SMARTS) is 1. The maximum Gasteiger partial charge on any atom is 0.407 e. The van der Waals surface area contributed by atoms with Crippen LogP contribution in [0.2, 0.25) is 5.02 Å². The van der Waals surface area contributed by atoms with Gasteiger partial charge in [0.1, 0.15) is 0 Å². The van der Waals surface area contributed by atoms with Crippen LogP contribution in [0.1, 0.15) is 23.7 Å². The third-order valence-electron chi connectivity index (χ3n) is 6.51. The molecular formula is C23H30ClN5O4.